The fourth-order valence-electron chi connectivity index (χ4n) is 5.36. The van der Waals surface area contributed by atoms with Crippen LogP contribution in [0.4, 0.5) is 5.69 Å². The van der Waals surface area contributed by atoms with Gasteiger partial charge in [-0.2, -0.15) is 0 Å². The number of benzene rings is 2. The number of fused-ring (bicyclic) bond motifs is 3. The van der Waals surface area contributed by atoms with Crippen LogP contribution in [-0.4, -0.2) is 79.4 Å². The van der Waals surface area contributed by atoms with Crippen molar-refractivity contribution >= 4 is 29.0 Å². The van der Waals surface area contributed by atoms with E-state index in [9.17, 15) is 19.5 Å². The minimum absolute atomic E-state index is 0.155. The molecule has 0 aliphatic carbocycles. The van der Waals surface area contributed by atoms with Gasteiger partial charge in [0.2, 0.25) is 0 Å². The number of nitrogens with zero attached hydrogens (tertiary/aromatic N) is 3. The van der Waals surface area contributed by atoms with Crippen molar-refractivity contribution in [2.45, 2.75) is 12.0 Å². The molecule has 2 aromatic rings. The fraction of sp³-hybridized carbons (Fsp3) is 0.321. The maximum atomic E-state index is 14.3. The lowest BCUT2D eigenvalue weighted by Gasteiger charge is -2.34. The van der Waals surface area contributed by atoms with Crippen LogP contribution in [0.2, 0.25) is 0 Å². The van der Waals surface area contributed by atoms with E-state index in [0.29, 0.717) is 48.9 Å². The van der Waals surface area contributed by atoms with Gasteiger partial charge < -0.3 is 29.3 Å². The first-order chi connectivity index (χ1) is 17.8. The molecule has 2 amide bonds. The summed E-state index contributed by atoms with van der Waals surface area (Å²) in [6, 6.07) is 11.8. The van der Waals surface area contributed by atoms with Gasteiger partial charge in [-0.15, -0.1) is 6.58 Å². The first-order valence-corrected chi connectivity index (χ1v) is 12.2. The number of likely N-dealkylation sites (tertiary alicyclic amines) is 1. The number of aliphatic hydroxyl groups excluding tert-OH is 1. The Labute approximate surface area is 215 Å². The maximum absolute atomic E-state index is 14.3. The predicted octanol–water partition coefficient (Wildman–Crippen LogP) is 2.52. The summed E-state index contributed by atoms with van der Waals surface area (Å²) < 4.78 is 11.2. The third-order valence-corrected chi connectivity index (χ3v) is 6.92. The normalized spacial score (nSPS) is 21.8. The van der Waals surface area contributed by atoms with Crippen LogP contribution < -0.4 is 14.4 Å². The molecule has 1 atom stereocenters. The molecule has 1 saturated heterocycles. The molecule has 9 nitrogen and oxygen atoms in total. The quantitative estimate of drug-likeness (QED) is 0.268. The van der Waals surface area contributed by atoms with Gasteiger partial charge >= 0.3 is 0 Å². The monoisotopic (exact) mass is 503 g/mol. The number of rotatable bonds is 7. The second-order valence-corrected chi connectivity index (χ2v) is 9.46. The van der Waals surface area contributed by atoms with Gasteiger partial charge in [0.15, 0.2) is 17.0 Å². The van der Waals surface area contributed by atoms with Gasteiger partial charge in [0, 0.05) is 24.2 Å². The number of aliphatic hydroxyl groups is 1. The summed E-state index contributed by atoms with van der Waals surface area (Å²) >= 11 is 0. The van der Waals surface area contributed by atoms with E-state index in [2.05, 4.69) is 6.58 Å². The largest absolute Gasteiger partial charge is 0.507 e. The number of carbonyl (C=O) groups is 3. The minimum Gasteiger partial charge on any atom is -0.507 e. The number of anilines is 1. The Bertz CT molecular complexity index is 1330. The third-order valence-electron chi connectivity index (χ3n) is 6.92. The van der Waals surface area contributed by atoms with Crippen LogP contribution in [0.25, 0.3) is 5.76 Å². The van der Waals surface area contributed by atoms with Crippen molar-refractivity contribution in [2.24, 2.45) is 0 Å². The zero-order chi connectivity index (χ0) is 26.3. The van der Waals surface area contributed by atoms with Gasteiger partial charge in [-0.25, -0.2) is 0 Å². The van der Waals surface area contributed by atoms with Crippen molar-refractivity contribution in [3.8, 4) is 11.5 Å². The third kappa shape index (κ3) is 3.69. The summed E-state index contributed by atoms with van der Waals surface area (Å²) in [5, 5.41) is 11.6. The highest BCUT2D eigenvalue weighted by Gasteiger charge is 2.66. The molecular formula is C28H29N3O6. The molecule has 3 aliphatic rings. The highest BCUT2D eigenvalue weighted by Crippen LogP contribution is 2.53. The van der Waals surface area contributed by atoms with Crippen LogP contribution in [0.15, 0.2) is 60.7 Å². The number of ether oxygens (including phenoxy) is 2. The molecule has 2 aromatic carbocycles. The van der Waals surface area contributed by atoms with Gasteiger partial charge in [0.05, 0.1) is 11.3 Å². The van der Waals surface area contributed by atoms with Crippen LogP contribution in [0.1, 0.15) is 17.5 Å². The summed E-state index contributed by atoms with van der Waals surface area (Å²) in [5.74, 6) is -1.70. The number of Topliss-reactive ketones (excluding diaryl/α,β-unsaturated/α-hetero) is 1. The van der Waals surface area contributed by atoms with E-state index < -0.39 is 28.9 Å². The van der Waals surface area contributed by atoms with Crippen molar-refractivity contribution in [1.82, 2.24) is 9.80 Å². The highest BCUT2D eigenvalue weighted by atomic mass is 16.6. The van der Waals surface area contributed by atoms with E-state index >= 15 is 0 Å². The smallest absolute Gasteiger partial charge is 0.296 e. The van der Waals surface area contributed by atoms with Crippen molar-refractivity contribution in [2.75, 3.05) is 51.8 Å². The number of hydrogen-bond acceptors (Lipinski definition) is 7. The van der Waals surface area contributed by atoms with Crippen LogP contribution in [0.3, 0.4) is 0 Å². The van der Waals surface area contributed by atoms with E-state index in [1.807, 2.05) is 19.0 Å². The molecular weight excluding hydrogens is 474 g/mol. The first-order valence-electron chi connectivity index (χ1n) is 12.2. The van der Waals surface area contributed by atoms with E-state index in [-0.39, 0.29) is 24.2 Å². The minimum atomic E-state index is -1.79. The van der Waals surface area contributed by atoms with Gasteiger partial charge in [0.25, 0.3) is 17.6 Å². The van der Waals surface area contributed by atoms with Gasteiger partial charge in [0.1, 0.15) is 19.0 Å². The molecule has 0 aromatic heterocycles. The lowest BCUT2D eigenvalue weighted by Crippen LogP contribution is -2.52. The summed E-state index contributed by atoms with van der Waals surface area (Å²) in [7, 11) is 3.82. The van der Waals surface area contributed by atoms with Crippen molar-refractivity contribution < 1.29 is 29.0 Å². The first kappa shape index (κ1) is 24.6. The summed E-state index contributed by atoms with van der Waals surface area (Å²) in [6.45, 7) is 5.51. The SMILES string of the molecule is C=CCN1C(=O)[C@@]2(/C(=C(\O)c3ccc4c(c3)OCCO4)C(=O)C(=O)N2CCCN(C)C)c2ccccc21. The maximum Gasteiger partial charge on any atom is 0.296 e. The van der Waals surface area contributed by atoms with Gasteiger partial charge in [-0.05, 0) is 51.3 Å². The number of hydrogen-bond donors (Lipinski definition) is 1. The predicted molar refractivity (Wildman–Crippen MR) is 138 cm³/mol. The molecule has 0 unspecified atom stereocenters. The van der Waals surface area contributed by atoms with Gasteiger partial charge in [-0.3, -0.25) is 14.4 Å². The van der Waals surface area contributed by atoms with Crippen molar-refractivity contribution in [3.05, 3.63) is 71.8 Å². The molecule has 3 heterocycles. The van der Waals surface area contributed by atoms with Crippen molar-refractivity contribution in [1.29, 1.82) is 0 Å². The Morgan fingerprint density at radius 2 is 1.84 bits per heavy atom. The number of carbonyl (C=O) groups excluding carboxylic acids is 3. The van der Waals surface area contributed by atoms with E-state index in [0.717, 1.165) is 0 Å². The molecule has 1 N–H and O–H groups in total. The van der Waals surface area contributed by atoms with Crippen molar-refractivity contribution in [3.63, 3.8) is 0 Å². The number of amides is 2. The average Bonchev–Trinajstić information content (AvgIpc) is 3.27. The fourth-order valence-corrected chi connectivity index (χ4v) is 5.36. The highest BCUT2D eigenvalue weighted by molar-refractivity contribution is 6.50. The van der Waals surface area contributed by atoms with Crippen LogP contribution in [0, 0.1) is 0 Å². The van der Waals surface area contributed by atoms with Gasteiger partial charge in [-0.1, -0.05) is 24.3 Å². The molecule has 1 spiro atoms. The van der Waals surface area contributed by atoms with Crippen LogP contribution >= 0.6 is 0 Å². The second-order valence-electron chi connectivity index (χ2n) is 9.46. The molecule has 0 bridgehead atoms. The summed E-state index contributed by atoms with van der Waals surface area (Å²) in [5.41, 5.74) is -0.743. The molecule has 192 valence electrons. The topological polar surface area (TPSA) is 99.6 Å². The lowest BCUT2D eigenvalue weighted by molar-refractivity contribution is -0.143. The Hall–Kier alpha value is -4.11. The van der Waals surface area contributed by atoms with Crippen LogP contribution in [-0.2, 0) is 19.9 Å². The molecule has 37 heavy (non-hydrogen) atoms. The summed E-state index contributed by atoms with van der Waals surface area (Å²) in [4.78, 5) is 46.2. The second kappa shape index (κ2) is 9.40. The molecule has 1 fully saturated rings. The summed E-state index contributed by atoms with van der Waals surface area (Å²) in [6.07, 6.45) is 2.12. The number of para-hydroxylation sites is 1. The molecule has 5 rings (SSSR count). The standard InChI is InChI=1S/C28H29N3O6/c1-4-12-30-20-9-6-5-8-19(20)28(27(30)35)23(25(33)26(34)31(28)14-7-13-29(2)3)24(32)18-10-11-21-22(17-18)37-16-15-36-21/h4-6,8-11,17,32H,1,7,12-16H2,2-3H3/b24-23-/t28-/m0/s1. The zero-order valence-corrected chi connectivity index (χ0v) is 20.9. The molecule has 0 saturated carbocycles. The Morgan fingerprint density at radius 1 is 1.11 bits per heavy atom. The number of ketones is 1. The Morgan fingerprint density at radius 3 is 2.57 bits per heavy atom. The molecule has 9 heteroatoms. The zero-order valence-electron chi connectivity index (χ0n) is 20.9. The molecule has 0 radical (unpaired) electrons. The van der Waals surface area contributed by atoms with Crippen LogP contribution in [0.5, 0.6) is 11.5 Å². The van der Waals surface area contributed by atoms with E-state index in [4.69, 9.17) is 9.47 Å². The van der Waals surface area contributed by atoms with E-state index in [1.165, 1.54) is 9.80 Å². The Kier molecular flexibility index (Phi) is 6.25. The average molecular weight is 504 g/mol. The Balaban J connectivity index is 1.74. The molecule has 3 aliphatic heterocycles. The van der Waals surface area contributed by atoms with E-state index in [1.54, 1.807) is 48.5 Å². The lowest BCUT2D eigenvalue weighted by atomic mass is 9.81.